The number of nitrogens with zero attached hydrogens (tertiary/aromatic N) is 1. The Kier molecular flexibility index (Phi) is 9.35. The first-order valence-corrected chi connectivity index (χ1v) is 9.33. The summed E-state index contributed by atoms with van der Waals surface area (Å²) in [4.78, 5) is 15.5. The van der Waals surface area contributed by atoms with Gasteiger partial charge in [0.1, 0.15) is 12.0 Å². The zero-order valence-electron chi connectivity index (χ0n) is 17.9. The fourth-order valence-electron chi connectivity index (χ4n) is 2.58. The second-order valence-electron chi connectivity index (χ2n) is 7.94. The van der Waals surface area contributed by atoms with Crippen LogP contribution in [0, 0.1) is 5.92 Å². The lowest BCUT2D eigenvalue weighted by Crippen LogP contribution is -2.42. The largest absolute Gasteiger partial charge is 0.469 e. The Morgan fingerprint density at radius 2 is 1.45 bits per heavy atom. The molecule has 0 spiro atoms. The molecule has 0 saturated carbocycles. The molecule has 0 bridgehead atoms. The molecule has 4 nitrogen and oxygen atoms in total. The number of aliphatic imine (C=N–C) groups is 1. The standard InChI is InChI=1S/C20H22F9NO3/c1-18(2,3)33-9-13(17(31)32-4)15(14(21)16(22)23)30-8-10-5-11(19(24,25)26)7-12(6-10)20(27,28)29/h5-8,13-16H,9H2,1-4H3. The van der Waals surface area contributed by atoms with E-state index in [1.807, 2.05) is 0 Å². The molecule has 0 aliphatic heterocycles. The van der Waals surface area contributed by atoms with E-state index >= 15 is 0 Å². The van der Waals surface area contributed by atoms with Crippen LogP contribution >= 0.6 is 0 Å². The smallest absolute Gasteiger partial charge is 0.416 e. The molecule has 1 aromatic rings. The maximum absolute atomic E-state index is 14.3. The van der Waals surface area contributed by atoms with Gasteiger partial charge in [-0.05, 0) is 44.5 Å². The van der Waals surface area contributed by atoms with Crippen molar-refractivity contribution in [1.82, 2.24) is 0 Å². The lowest BCUT2D eigenvalue weighted by Gasteiger charge is -2.28. The Labute approximate surface area is 183 Å². The van der Waals surface area contributed by atoms with Crippen LogP contribution in [-0.4, -0.2) is 50.1 Å². The van der Waals surface area contributed by atoms with Gasteiger partial charge in [0.15, 0.2) is 6.17 Å². The van der Waals surface area contributed by atoms with Crippen LogP contribution in [0.15, 0.2) is 23.2 Å². The molecule has 0 heterocycles. The molecular formula is C20H22F9NO3. The van der Waals surface area contributed by atoms with Crippen molar-refractivity contribution < 1.29 is 53.8 Å². The Bertz CT molecular complexity index is 797. The molecule has 0 aliphatic rings. The molecule has 1 rings (SSSR count). The highest BCUT2D eigenvalue weighted by molar-refractivity contribution is 5.81. The Morgan fingerprint density at radius 3 is 1.82 bits per heavy atom. The Balaban J connectivity index is 3.51. The molecule has 0 N–H and O–H groups in total. The molecular weight excluding hydrogens is 473 g/mol. The Hall–Kier alpha value is -2.31. The van der Waals surface area contributed by atoms with Crippen LogP contribution in [0.4, 0.5) is 39.5 Å². The van der Waals surface area contributed by atoms with E-state index in [0.29, 0.717) is 6.21 Å². The summed E-state index contributed by atoms with van der Waals surface area (Å²) in [5.41, 5.74) is -5.05. The first-order chi connectivity index (χ1) is 14.9. The van der Waals surface area contributed by atoms with Crippen LogP contribution < -0.4 is 0 Å². The van der Waals surface area contributed by atoms with E-state index in [1.165, 1.54) is 0 Å². The highest BCUT2D eigenvalue weighted by atomic mass is 19.4. The molecule has 1 aromatic carbocycles. The summed E-state index contributed by atoms with van der Waals surface area (Å²) in [5.74, 6) is -2.97. The third-order valence-electron chi connectivity index (χ3n) is 4.18. The predicted octanol–water partition coefficient (Wildman–Crippen LogP) is 5.72. The average molecular weight is 495 g/mol. The number of carbonyl (C=O) groups excluding carboxylic acids is 1. The predicted molar refractivity (Wildman–Crippen MR) is 99.9 cm³/mol. The fraction of sp³-hybridized carbons (Fsp3) is 0.600. The van der Waals surface area contributed by atoms with Crippen molar-refractivity contribution in [3.63, 3.8) is 0 Å². The number of methoxy groups -OCH3 is 1. The summed E-state index contributed by atoms with van der Waals surface area (Å²) in [6.07, 6.45) is -16.7. The number of hydrogen-bond acceptors (Lipinski definition) is 4. The summed E-state index contributed by atoms with van der Waals surface area (Å²) in [7, 11) is 0.880. The lowest BCUT2D eigenvalue weighted by molar-refractivity contribution is -0.152. The third-order valence-corrected chi connectivity index (χ3v) is 4.18. The second-order valence-corrected chi connectivity index (χ2v) is 7.94. The van der Waals surface area contributed by atoms with E-state index in [4.69, 9.17) is 4.74 Å². The van der Waals surface area contributed by atoms with Gasteiger partial charge in [-0.3, -0.25) is 9.79 Å². The van der Waals surface area contributed by atoms with Crippen LogP contribution in [0.25, 0.3) is 0 Å². The van der Waals surface area contributed by atoms with Crippen molar-refractivity contribution in [1.29, 1.82) is 0 Å². The van der Waals surface area contributed by atoms with E-state index in [9.17, 15) is 44.3 Å². The van der Waals surface area contributed by atoms with Gasteiger partial charge in [0.25, 0.3) is 6.43 Å². The topological polar surface area (TPSA) is 47.9 Å². The van der Waals surface area contributed by atoms with Gasteiger partial charge in [-0.15, -0.1) is 0 Å². The molecule has 0 aliphatic carbocycles. The van der Waals surface area contributed by atoms with E-state index in [1.54, 1.807) is 20.8 Å². The molecule has 0 saturated heterocycles. The van der Waals surface area contributed by atoms with Crippen LogP contribution in [0.2, 0.25) is 0 Å². The monoisotopic (exact) mass is 495 g/mol. The summed E-state index contributed by atoms with van der Waals surface area (Å²) >= 11 is 0. The van der Waals surface area contributed by atoms with Gasteiger partial charge in [-0.1, -0.05) is 0 Å². The molecule has 3 unspecified atom stereocenters. The highest BCUT2D eigenvalue weighted by Gasteiger charge is 2.41. The minimum absolute atomic E-state index is 0.139. The van der Waals surface area contributed by atoms with Gasteiger partial charge in [-0.2, -0.15) is 26.3 Å². The van der Waals surface area contributed by atoms with E-state index < -0.39 is 71.8 Å². The van der Waals surface area contributed by atoms with Crippen molar-refractivity contribution in [2.75, 3.05) is 13.7 Å². The number of esters is 1. The molecule has 0 fully saturated rings. The first-order valence-electron chi connectivity index (χ1n) is 9.33. The summed E-state index contributed by atoms with van der Waals surface area (Å²) < 4.78 is 128. The van der Waals surface area contributed by atoms with Crippen molar-refractivity contribution >= 4 is 12.2 Å². The fourth-order valence-corrected chi connectivity index (χ4v) is 2.58. The minimum Gasteiger partial charge on any atom is -0.469 e. The molecule has 188 valence electrons. The van der Waals surface area contributed by atoms with E-state index in [-0.39, 0.29) is 18.2 Å². The summed E-state index contributed by atoms with van der Waals surface area (Å²) in [5, 5.41) is 0. The normalized spacial score (nSPS) is 16.2. The number of alkyl halides is 9. The minimum atomic E-state index is -5.16. The quantitative estimate of drug-likeness (QED) is 0.263. The maximum atomic E-state index is 14.3. The Morgan fingerprint density at radius 1 is 0.970 bits per heavy atom. The molecule has 0 amide bonds. The number of ether oxygens (including phenoxy) is 2. The lowest BCUT2D eigenvalue weighted by atomic mass is 9.96. The molecule has 0 radical (unpaired) electrons. The van der Waals surface area contributed by atoms with E-state index in [2.05, 4.69) is 9.73 Å². The summed E-state index contributed by atoms with van der Waals surface area (Å²) in [6.45, 7) is 3.98. The van der Waals surface area contributed by atoms with Gasteiger partial charge in [0.05, 0.1) is 30.4 Å². The number of benzene rings is 1. The molecule has 13 heteroatoms. The van der Waals surface area contributed by atoms with Gasteiger partial charge in [-0.25, -0.2) is 13.2 Å². The molecule has 3 atom stereocenters. The SMILES string of the molecule is COC(=O)C(COC(C)(C)C)C(N=Cc1cc(C(F)(F)F)cc(C(F)(F)F)c1)C(F)C(F)F. The molecule has 33 heavy (non-hydrogen) atoms. The van der Waals surface area contributed by atoms with Gasteiger partial charge in [0.2, 0.25) is 0 Å². The molecule has 0 aromatic heterocycles. The van der Waals surface area contributed by atoms with Gasteiger partial charge < -0.3 is 9.47 Å². The second kappa shape index (κ2) is 10.7. The first kappa shape index (κ1) is 28.7. The van der Waals surface area contributed by atoms with Crippen LogP contribution in [0.5, 0.6) is 0 Å². The van der Waals surface area contributed by atoms with Crippen molar-refractivity contribution in [2.24, 2.45) is 10.9 Å². The zero-order valence-corrected chi connectivity index (χ0v) is 17.9. The zero-order chi connectivity index (χ0) is 25.8. The average Bonchev–Trinajstić information content (AvgIpc) is 2.66. The number of rotatable bonds is 8. The van der Waals surface area contributed by atoms with Gasteiger partial charge >= 0.3 is 18.3 Å². The van der Waals surface area contributed by atoms with Gasteiger partial charge in [0, 0.05) is 6.21 Å². The highest BCUT2D eigenvalue weighted by Crippen LogP contribution is 2.36. The van der Waals surface area contributed by atoms with Crippen LogP contribution in [0.1, 0.15) is 37.5 Å². The maximum Gasteiger partial charge on any atom is 0.416 e. The number of halogens is 9. The van der Waals surface area contributed by atoms with Crippen LogP contribution in [-0.2, 0) is 26.6 Å². The summed E-state index contributed by atoms with van der Waals surface area (Å²) in [6, 6.07) is -1.79. The van der Waals surface area contributed by atoms with Crippen molar-refractivity contribution in [2.45, 2.75) is 57.4 Å². The third kappa shape index (κ3) is 8.86. The van der Waals surface area contributed by atoms with Crippen molar-refractivity contribution in [3.05, 3.63) is 34.9 Å². The van der Waals surface area contributed by atoms with Crippen molar-refractivity contribution in [3.8, 4) is 0 Å². The number of carbonyl (C=O) groups is 1. The number of hydrogen-bond donors (Lipinski definition) is 0. The van der Waals surface area contributed by atoms with E-state index in [0.717, 1.165) is 7.11 Å². The van der Waals surface area contributed by atoms with Crippen LogP contribution in [0.3, 0.4) is 0 Å².